The van der Waals surface area contributed by atoms with Gasteiger partial charge in [0.05, 0.1) is 5.56 Å². The van der Waals surface area contributed by atoms with Crippen molar-refractivity contribution in [2.24, 2.45) is 7.05 Å². The largest absolute Gasteiger partial charge is 0.456 e. The molecule has 0 radical (unpaired) electrons. The number of aryl methyl sites for hydroxylation is 4. The van der Waals surface area contributed by atoms with E-state index in [1.54, 1.807) is 6.20 Å². The van der Waals surface area contributed by atoms with Crippen molar-refractivity contribution in [1.82, 2.24) is 0 Å². The number of furan rings is 1. The van der Waals surface area contributed by atoms with Crippen LogP contribution in [0.5, 0.6) is 0 Å². The van der Waals surface area contributed by atoms with Gasteiger partial charge >= 0.3 is 0 Å². The van der Waals surface area contributed by atoms with Gasteiger partial charge in [-0.25, -0.2) is 4.57 Å². The van der Waals surface area contributed by atoms with Gasteiger partial charge in [0.15, 0.2) is 6.20 Å². The van der Waals surface area contributed by atoms with Crippen molar-refractivity contribution < 1.29 is 13.1 Å². The first-order valence-corrected chi connectivity index (χ1v) is 11.2. The number of fused-ring (bicyclic) bond motifs is 4. The number of benzene rings is 4. The Balaban J connectivity index is 1.59. The zero-order valence-electron chi connectivity index (χ0n) is 21.9. The van der Waals surface area contributed by atoms with Crippen molar-refractivity contribution in [1.29, 1.82) is 0 Å². The molecule has 0 spiro atoms. The Labute approximate surface area is 197 Å². The topological polar surface area (TPSA) is 17.0 Å². The molecule has 6 aromatic rings. The molecule has 0 bridgehead atoms. The number of nitrogens with zero attached hydrogens (tertiary/aromatic N) is 1. The lowest BCUT2D eigenvalue weighted by molar-refractivity contribution is -0.660. The van der Waals surface area contributed by atoms with Crippen LogP contribution in [-0.4, -0.2) is 0 Å². The van der Waals surface area contributed by atoms with Gasteiger partial charge < -0.3 is 4.42 Å². The highest BCUT2D eigenvalue weighted by Gasteiger charge is 2.19. The highest BCUT2D eigenvalue weighted by atomic mass is 16.3. The van der Waals surface area contributed by atoms with Crippen LogP contribution in [-0.2, 0) is 7.05 Å². The predicted molar refractivity (Wildman–Crippen MR) is 137 cm³/mol. The monoisotopic (exact) mass is 431 g/mol. The minimum Gasteiger partial charge on any atom is -0.456 e. The van der Waals surface area contributed by atoms with Gasteiger partial charge in [-0.2, -0.15) is 0 Å². The van der Waals surface area contributed by atoms with Crippen molar-refractivity contribution in [3.63, 3.8) is 0 Å². The fraction of sp³-hybridized carbons (Fsp3) is 0.129. The maximum Gasteiger partial charge on any atom is 0.213 e. The summed E-state index contributed by atoms with van der Waals surface area (Å²) in [6.07, 6.45) is 1.74. The van der Waals surface area contributed by atoms with Crippen LogP contribution in [0, 0.1) is 20.7 Å². The fourth-order valence-corrected chi connectivity index (χ4v) is 4.84. The van der Waals surface area contributed by atoms with Crippen molar-refractivity contribution in [3.05, 3.63) is 102 Å². The zero-order chi connectivity index (χ0) is 25.2. The number of pyridine rings is 1. The Hall–Kier alpha value is -3.91. The Morgan fingerprint density at radius 3 is 2.33 bits per heavy atom. The lowest BCUT2D eigenvalue weighted by Crippen LogP contribution is -2.31. The standard InChI is InChI=1S/C31H26NO/c1-19-10-11-23-15-30-28(14-24(23)12-19)27-13-20(2)26(17-31(27)33-30)29-16-25(21(3)18-32(29)4)22-8-6-5-7-9-22/h5-18H,1-4H3/q+1/i3D3. The van der Waals surface area contributed by atoms with Crippen LogP contribution >= 0.6 is 0 Å². The summed E-state index contributed by atoms with van der Waals surface area (Å²) in [6, 6.07) is 26.7. The van der Waals surface area contributed by atoms with Gasteiger partial charge in [0.2, 0.25) is 5.69 Å². The summed E-state index contributed by atoms with van der Waals surface area (Å²) in [7, 11) is 1.90. The average molecular weight is 432 g/mol. The van der Waals surface area contributed by atoms with Crippen LogP contribution in [0.15, 0.2) is 89.5 Å². The second kappa shape index (κ2) is 7.31. The minimum absolute atomic E-state index is 0.337. The highest BCUT2D eigenvalue weighted by Crippen LogP contribution is 2.37. The van der Waals surface area contributed by atoms with E-state index in [0.717, 1.165) is 55.3 Å². The van der Waals surface area contributed by atoms with Crippen molar-refractivity contribution >= 4 is 32.7 Å². The van der Waals surface area contributed by atoms with Crippen LogP contribution in [0.3, 0.4) is 0 Å². The van der Waals surface area contributed by atoms with E-state index in [4.69, 9.17) is 8.53 Å². The maximum atomic E-state index is 8.13. The van der Waals surface area contributed by atoms with E-state index in [1.807, 2.05) is 48.0 Å². The van der Waals surface area contributed by atoms with E-state index in [9.17, 15) is 0 Å². The molecule has 33 heavy (non-hydrogen) atoms. The molecule has 0 amide bonds. The summed E-state index contributed by atoms with van der Waals surface area (Å²) < 4.78 is 32.6. The molecule has 0 aliphatic heterocycles. The predicted octanol–water partition coefficient (Wildman–Crippen LogP) is 7.82. The lowest BCUT2D eigenvalue weighted by Gasteiger charge is -2.10. The van der Waals surface area contributed by atoms with E-state index >= 15 is 0 Å². The van der Waals surface area contributed by atoms with Gasteiger partial charge in [0.25, 0.3) is 0 Å². The van der Waals surface area contributed by atoms with Gasteiger partial charge in [-0.1, -0.05) is 54.1 Å². The van der Waals surface area contributed by atoms with Crippen molar-refractivity contribution in [2.75, 3.05) is 0 Å². The normalized spacial score (nSPS) is 13.4. The molecular formula is C31H26NO+. The molecule has 0 fully saturated rings. The van der Waals surface area contributed by atoms with E-state index in [0.29, 0.717) is 5.56 Å². The summed E-state index contributed by atoms with van der Waals surface area (Å²) >= 11 is 0. The Morgan fingerprint density at radius 1 is 0.727 bits per heavy atom. The first kappa shape index (κ1) is 16.7. The van der Waals surface area contributed by atoms with Crippen molar-refractivity contribution in [3.8, 4) is 22.4 Å². The first-order chi connectivity index (χ1) is 17.2. The molecule has 2 nitrogen and oxygen atoms in total. The second-order valence-corrected chi connectivity index (χ2v) is 8.93. The highest BCUT2D eigenvalue weighted by molar-refractivity contribution is 6.11. The molecule has 2 heterocycles. The maximum absolute atomic E-state index is 8.13. The molecule has 6 rings (SSSR count). The SMILES string of the molecule is [2H]C([2H])([2H])c1c[n+](C)c(-c2cc3oc4cc5ccc(C)cc5cc4c3cc2C)cc1-c1ccccc1. The van der Waals surface area contributed by atoms with E-state index in [2.05, 4.69) is 56.3 Å². The van der Waals surface area contributed by atoms with Gasteiger partial charge in [-0.15, -0.1) is 0 Å². The third-order valence-corrected chi connectivity index (χ3v) is 6.57. The average Bonchev–Trinajstić information content (AvgIpc) is 3.18. The molecule has 0 saturated heterocycles. The van der Waals surface area contributed by atoms with Crippen molar-refractivity contribution in [2.45, 2.75) is 20.7 Å². The number of aromatic nitrogens is 1. The zero-order valence-corrected chi connectivity index (χ0v) is 18.9. The molecular weight excluding hydrogens is 402 g/mol. The van der Waals surface area contributed by atoms with E-state index in [1.165, 1.54) is 10.9 Å². The van der Waals surface area contributed by atoms with Gasteiger partial charge in [-0.05, 0) is 72.4 Å². The fourth-order valence-electron chi connectivity index (χ4n) is 4.84. The minimum atomic E-state index is -2.22. The van der Waals surface area contributed by atoms with E-state index in [-0.39, 0.29) is 0 Å². The third-order valence-electron chi connectivity index (χ3n) is 6.57. The molecule has 0 aliphatic rings. The first-order valence-electron chi connectivity index (χ1n) is 12.7. The molecule has 0 saturated carbocycles. The summed E-state index contributed by atoms with van der Waals surface area (Å²) in [4.78, 5) is 0. The van der Waals surface area contributed by atoms with E-state index < -0.39 is 6.85 Å². The summed E-state index contributed by atoms with van der Waals surface area (Å²) in [5.74, 6) is 0. The molecule has 160 valence electrons. The quantitative estimate of drug-likeness (QED) is 0.255. The van der Waals surface area contributed by atoms with Crippen LogP contribution in [0.1, 0.15) is 20.8 Å². The lowest BCUT2D eigenvalue weighted by atomic mass is 9.96. The molecule has 2 heteroatoms. The number of rotatable bonds is 2. The van der Waals surface area contributed by atoms with Gasteiger partial charge in [0, 0.05) is 26.5 Å². The molecule has 2 aromatic heterocycles. The van der Waals surface area contributed by atoms with Gasteiger partial charge in [0.1, 0.15) is 18.2 Å². The molecule has 4 aromatic carbocycles. The Morgan fingerprint density at radius 2 is 1.52 bits per heavy atom. The molecule has 0 N–H and O–H groups in total. The summed E-state index contributed by atoms with van der Waals surface area (Å²) in [6.45, 7) is 1.98. The number of hydrogen-bond donors (Lipinski definition) is 0. The molecule has 0 unspecified atom stereocenters. The molecule has 0 aliphatic carbocycles. The van der Waals surface area contributed by atoms with Crippen LogP contribution in [0.2, 0.25) is 0 Å². The Kier molecular flexibility index (Phi) is 3.70. The summed E-state index contributed by atoms with van der Waals surface area (Å²) in [5.41, 5.74) is 7.90. The molecule has 0 atom stereocenters. The third kappa shape index (κ3) is 3.22. The van der Waals surface area contributed by atoms with Crippen LogP contribution < -0.4 is 4.57 Å². The van der Waals surface area contributed by atoms with Crippen LogP contribution in [0.4, 0.5) is 0 Å². The smallest absolute Gasteiger partial charge is 0.213 e. The summed E-state index contributed by atoms with van der Waals surface area (Å²) in [5, 5.41) is 4.54. The number of hydrogen-bond acceptors (Lipinski definition) is 1. The van der Waals surface area contributed by atoms with Gasteiger partial charge in [-0.3, -0.25) is 0 Å². The Bertz CT molecular complexity index is 1800. The van der Waals surface area contributed by atoms with Crippen LogP contribution in [0.25, 0.3) is 55.1 Å². The second-order valence-electron chi connectivity index (χ2n) is 8.93.